The van der Waals surface area contributed by atoms with Gasteiger partial charge in [0.1, 0.15) is 16.5 Å². The lowest BCUT2D eigenvalue weighted by Crippen LogP contribution is -2.42. The summed E-state index contributed by atoms with van der Waals surface area (Å²) >= 11 is 7.39. The lowest BCUT2D eigenvalue weighted by atomic mass is 9.93. The van der Waals surface area contributed by atoms with Gasteiger partial charge in [-0.05, 0) is 56.0 Å². The number of thiophene rings is 1. The number of ketones is 1. The summed E-state index contributed by atoms with van der Waals surface area (Å²) in [4.78, 5) is 27.8. The summed E-state index contributed by atoms with van der Waals surface area (Å²) in [5, 5.41) is -0.0832. The van der Waals surface area contributed by atoms with Crippen molar-refractivity contribution < 1.29 is 18.4 Å². The SMILES string of the molecule is C=C/C=C(\C=C(/C)CN(C(=O)c1sc2c(F)ccc(F)c2c1Cl)C1CCCCC1)c1cccc(C(C)=O)c1. The standard InChI is InChI=1S/C31H30ClF2NO2S/c1-4-9-22(23-11-8-10-21(17-23)20(3)36)16-19(2)18-35(24-12-6-5-7-13-24)31(37)30-28(32)27-25(33)14-15-26(34)29(27)38-30/h4,8-11,14-17,24H,1,5-7,12-13,18H2,2-3H3/b19-16+,22-9+. The van der Waals surface area contributed by atoms with E-state index in [0.29, 0.717) is 12.1 Å². The molecular weight excluding hydrogens is 524 g/mol. The first-order chi connectivity index (χ1) is 18.2. The van der Waals surface area contributed by atoms with E-state index in [2.05, 4.69) is 6.58 Å². The Bertz CT molecular complexity index is 1450. The number of hydrogen-bond acceptors (Lipinski definition) is 3. The zero-order chi connectivity index (χ0) is 27.4. The molecule has 0 unspecified atom stereocenters. The molecule has 1 heterocycles. The Balaban J connectivity index is 1.71. The predicted molar refractivity (Wildman–Crippen MR) is 153 cm³/mol. The second-order valence-electron chi connectivity index (χ2n) is 9.69. The molecule has 1 aliphatic carbocycles. The Labute approximate surface area is 231 Å². The summed E-state index contributed by atoms with van der Waals surface area (Å²) in [5.74, 6) is -1.58. The number of carbonyl (C=O) groups excluding carboxylic acids is 2. The number of halogens is 3. The summed E-state index contributed by atoms with van der Waals surface area (Å²) < 4.78 is 29.0. The van der Waals surface area contributed by atoms with Crippen LogP contribution in [-0.2, 0) is 0 Å². The highest BCUT2D eigenvalue weighted by Crippen LogP contribution is 2.40. The molecule has 1 amide bonds. The molecule has 0 N–H and O–H groups in total. The molecular formula is C31H30ClF2NO2S. The van der Waals surface area contributed by atoms with Crippen LogP contribution in [0.4, 0.5) is 8.78 Å². The van der Waals surface area contributed by atoms with Crippen LogP contribution in [-0.4, -0.2) is 29.2 Å². The van der Waals surface area contributed by atoms with Crippen molar-refractivity contribution in [3.8, 4) is 0 Å². The third-order valence-corrected chi connectivity index (χ3v) is 8.55. The van der Waals surface area contributed by atoms with Gasteiger partial charge in [-0.15, -0.1) is 11.3 Å². The second-order valence-corrected chi connectivity index (χ2v) is 11.1. The van der Waals surface area contributed by atoms with Gasteiger partial charge in [0.05, 0.1) is 15.1 Å². The van der Waals surface area contributed by atoms with E-state index in [9.17, 15) is 18.4 Å². The maximum Gasteiger partial charge on any atom is 0.266 e. The van der Waals surface area contributed by atoms with Gasteiger partial charge in [-0.1, -0.05) is 79.4 Å². The van der Waals surface area contributed by atoms with Crippen molar-refractivity contribution in [2.75, 3.05) is 6.54 Å². The van der Waals surface area contributed by atoms with E-state index in [1.807, 2.05) is 37.3 Å². The first kappa shape index (κ1) is 27.9. The van der Waals surface area contributed by atoms with Gasteiger partial charge in [0.2, 0.25) is 0 Å². The number of nitrogens with zero attached hydrogens (tertiary/aromatic N) is 1. The van der Waals surface area contributed by atoms with Crippen LogP contribution in [0.3, 0.4) is 0 Å². The number of allylic oxidation sites excluding steroid dienone is 4. The third-order valence-electron chi connectivity index (χ3n) is 6.87. The number of hydrogen-bond donors (Lipinski definition) is 0. The Morgan fingerprint density at radius 2 is 1.76 bits per heavy atom. The normalized spacial score (nSPS) is 15.1. The molecule has 2 aromatic carbocycles. The van der Waals surface area contributed by atoms with Crippen molar-refractivity contribution in [1.82, 2.24) is 4.90 Å². The van der Waals surface area contributed by atoms with E-state index in [0.717, 1.165) is 72.3 Å². The number of amides is 1. The maximum absolute atomic E-state index is 14.5. The molecule has 3 nitrogen and oxygen atoms in total. The molecule has 1 aliphatic rings. The molecule has 38 heavy (non-hydrogen) atoms. The van der Waals surface area contributed by atoms with Crippen molar-refractivity contribution in [2.45, 2.75) is 52.0 Å². The van der Waals surface area contributed by atoms with E-state index in [1.165, 1.54) is 6.92 Å². The van der Waals surface area contributed by atoms with Gasteiger partial charge in [0.25, 0.3) is 5.91 Å². The van der Waals surface area contributed by atoms with E-state index in [1.54, 1.807) is 17.0 Å². The summed E-state index contributed by atoms with van der Waals surface area (Å²) in [6, 6.07) is 9.47. The molecule has 0 bridgehead atoms. The van der Waals surface area contributed by atoms with Crippen LogP contribution in [0, 0.1) is 11.6 Å². The zero-order valence-electron chi connectivity index (χ0n) is 21.5. The van der Waals surface area contributed by atoms with Crippen LogP contribution in [0.5, 0.6) is 0 Å². The molecule has 1 aromatic heterocycles. The molecule has 0 saturated heterocycles. The smallest absolute Gasteiger partial charge is 0.266 e. The summed E-state index contributed by atoms with van der Waals surface area (Å²) in [5.41, 5.74) is 3.26. The Morgan fingerprint density at radius 1 is 1.08 bits per heavy atom. The van der Waals surface area contributed by atoms with Gasteiger partial charge in [-0.3, -0.25) is 9.59 Å². The van der Waals surface area contributed by atoms with Crippen LogP contribution < -0.4 is 0 Å². The summed E-state index contributed by atoms with van der Waals surface area (Å²) in [6.45, 7) is 7.63. The van der Waals surface area contributed by atoms with Crippen LogP contribution in [0.1, 0.15) is 71.5 Å². The quantitative estimate of drug-likeness (QED) is 0.206. The molecule has 0 radical (unpaired) electrons. The largest absolute Gasteiger partial charge is 0.331 e. The fourth-order valence-corrected chi connectivity index (χ4v) is 6.48. The fourth-order valence-electron chi connectivity index (χ4n) is 4.98. The Kier molecular flexibility index (Phi) is 8.95. The van der Waals surface area contributed by atoms with E-state index in [4.69, 9.17) is 11.6 Å². The van der Waals surface area contributed by atoms with Gasteiger partial charge in [0, 0.05) is 18.2 Å². The Hall–Kier alpha value is -3.09. The van der Waals surface area contributed by atoms with Crippen LogP contribution in [0.15, 0.2) is 66.8 Å². The van der Waals surface area contributed by atoms with E-state index >= 15 is 0 Å². The average molecular weight is 554 g/mol. The minimum Gasteiger partial charge on any atom is -0.331 e. The molecule has 0 atom stereocenters. The van der Waals surface area contributed by atoms with Gasteiger partial charge < -0.3 is 4.90 Å². The number of fused-ring (bicyclic) bond motifs is 1. The topological polar surface area (TPSA) is 37.4 Å². The molecule has 1 saturated carbocycles. The molecule has 0 aliphatic heterocycles. The number of rotatable bonds is 8. The first-order valence-electron chi connectivity index (χ1n) is 12.7. The lowest BCUT2D eigenvalue weighted by Gasteiger charge is -2.34. The summed E-state index contributed by atoms with van der Waals surface area (Å²) in [7, 11) is 0. The molecule has 4 rings (SSSR count). The zero-order valence-corrected chi connectivity index (χ0v) is 23.1. The van der Waals surface area contributed by atoms with Crippen molar-refractivity contribution in [3.63, 3.8) is 0 Å². The van der Waals surface area contributed by atoms with Crippen LogP contribution in [0.25, 0.3) is 15.7 Å². The molecule has 198 valence electrons. The van der Waals surface area contributed by atoms with Crippen molar-refractivity contribution >= 4 is 50.3 Å². The highest BCUT2D eigenvalue weighted by atomic mass is 35.5. The van der Waals surface area contributed by atoms with Gasteiger partial charge in [-0.25, -0.2) is 8.78 Å². The highest BCUT2D eigenvalue weighted by molar-refractivity contribution is 7.21. The second kappa shape index (κ2) is 12.2. The van der Waals surface area contributed by atoms with E-state index in [-0.39, 0.29) is 37.7 Å². The number of carbonyl (C=O) groups is 2. The molecule has 7 heteroatoms. The third kappa shape index (κ3) is 5.97. The van der Waals surface area contributed by atoms with Gasteiger partial charge in [-0.2, -0.15) is 0 Å². The first-order valence-corrected chi connectivity index (χ1v) is 13.9. The highest BCUT2D eigenvalue weighted by Gasteiger charge is 2.30. The maximum atomic E-state index is 14.5. The monoisotopic (exact) mass is 553 g/mol. The van der Waals surface area contributed by atoms with Crippen LogP contribution in [0.2, 0.25) is 5.02 Å². The average Bonchev–Trinajstić information content (AvgIpc) is 3.27. The minimum absolute atomic E-state index is 0.00319. The minimum atomic E-state index is -0.644. The fraction of sp³-hybridized carbons (Fsp3) is 0.290. The van der Waals surface area contributed by atoms with E-state index < -0.39 is 11.6 Å². The number of benzene rings is 2. The van der Waals surface area contributed by atoms with Gasteiger partial charge in [0.15, 0.2) is 5.78 Å². The Morgan fingerprint density at radius 3 is 2.42 bits per heavy atom. The van der Waals surface area contributed by atoms with Gasteiger partial charge >= 0.3 is 0 Å². The molecule has 1 fully saturated rings. The van der Waals surface area contributed by atoms with Crippen molar-refractivity contribution in [1.29, 1.82) is 0 Å². The van der Waals surface area contributed by atoms with Crippen molar-refractivity contribution in [3.05, 3.63) is 99.4 Å². The number of Topliss-reactive ketones (excluding diaryl/α,β-unsaturated/α-hetero) is 1. The predicted octanol–water partition coefficient (Wildman–Crippen LogP) is 9.03. The summed E-state index contributed by atoms with van der Waals surface area (Å²) in [6.07, 6.45) is 10.4. The van der Waals surface area contributed by atoms with Crippen molar-refractivity contribution in [2.24, 2.45) is 0 Å². The lowest BCUT2D eigenvalue weighted by molar-refractivity contribution is 0.0662. The van der Waals surface area contributed by atoms with Crippen LogP contribution >= 0.6 is 22.9 Å². The molecule has 0 spiro atoms. The molecule has 3 aromatic rings.